The molecule has 5 heteroatoms. The van der Waals surface area contributed by atoms with Gasteiger partial charge in [-0.2, -0.15) is 5.10 Å². The molecule has 1 fully saturated rings. The van der Waals surface area contributed by atoms with Crippen LogP contribution in [-0.2, 0) is 0 Å². The molecule has 1 unspecified atom stereocenters. The number of aromatic nitrogens is 2. The van der Waals surface area contributed by atoms with Crippen molar-refractivity contribution in [3.05, 3.63) is 30.0 Å². The van der Waals surface area contributed by atoms with Crippen LogP contribution in [0.5, 0.6) is 0 Å². The lowest BCUT2D eigenvalue weighted by Crippen LogP contribution is -2.52. The zero-order valence-electron chi connectivity index (χ0n) is 12.7. The van der Waals surface area contributed by atoms with Crippen LogP contribution in [0, 0.1) is 6.92 Å². The van der Waals surface area contributed by atoms with Gasteiger partial charge in [0.2, 0.25) is 0 Å². The van der Waals surface area contributed by atoms with Crippen molar-refractivity contribution < 1.29 is 5.11 Å². The molecule has 0 saturated carbocycles. The van der Waals surface area contributed by atoms with Crippen LogP contribution in [0.1, 0.15) is 12.1 Å². The van der Waals surface area contributed by atoms with E-state index >= 15 is 0 Å². The first-order chi connectivity index (χ1) is 10.2. The molecule has 1 N–H and O–H groups in total. The van der Waals surface area contributed by atoms with Crippen LogP contribution in [0.15, 0.2) is 24.3 Å². The standard InChI is InChI=1S/C16H22N4O/c1-12-14-5-3-4-6-15(14)16(18-17-12)20-9-8-19(2)13(11-20)7-10-21/h3-6,13,21H,7-11H2,1-2H3. The smallest absolute Gasteiger partial charge is 0.159 e. The molecule has 0 spiro atoms. The third-order valence-corrected chi connectivity index (χ3v) is 4.39. The van der Waals surface area contributed by atoms with Gasteiger partial charge in [-0.15, -0.1) is 5.10 Å². The number of hydrogen-bond acceptors (Lipinski definition) is 5. The molecule has 21 heavy (non-hydrogen) atoms. The van der Waals surface area contributed by atoms with E-state index in [2.05, 4.69) is 39.2 Å². The Bertz CT molecular complexity index is 631. The summed E-state index contributed by atoms with van der Waals surface area (Å²) in [6.07, 6.45) is 0.796. The van der Waals surface area contributed by atoms with Crippen LogP contribution in [0.3, 0.4) is 0 Å². The van der Waals surface area contributed by atoms with Crippen LogP contribution in [0.4, 0.5) is 5.82 Å². The topological polar surface area (TPSA) is 52.5 Å². The first-order valence-electron chi connectivity index (χ1n) is 7.48. The summed E-state index contributed by atoms with van der Waals surface area (Å²) in [7, 11) is 2.12. The van der Waals surface area contributed by atoms with Crippen molar-refractivity contribution in [3.8, 4) is 0 Å². The maximum Gasteiger partial charge on any atom is 0.159 e. The summed E-state index contributed by atoms with van der Waals surface area (Å²) in [4.78, 5) is 4.62. The summed E-state index contributed by atoms with van der Waals surface area (Å²) in [5.41, 5.74) is 0.968. The number of benzene rings is 1. The van der Waals surface area contributed by atoms with E-state index in [4.69, 9.17) is 0 Å². The van der Waals surface area contributed by atoms with E-state index < -0.39 is 0 Å². The van der Waals surface area contributed by atoms with E-state index in [0.29, 0.717) is 6.04 Å². The third-order valence-electron chi connectivity index (χ3n) is 4.39. The van der Waals surface area contributed by atoms with E-state index in [1.54, 1.807) is 0 Å². The molecule has 1 aliphatic rings. The Morgan fingerprint density at radius 2 is 1.95 bits per heavy atom. The van der Waals surface area contributed by atoms with Gasteiger partial charge in [0.05, 0.1) is 5.69 Å². The fraction of sp³-hybridized carbons (Fsp3) is 0.500. The molecule has 1 aromatic carbocycles. The average molecular weight is 286 g/mol. The Balaban J connectivity index is 1.95. The van der Waals surface area contributed by atoms with Crippen molar-refractivity contribution in [2.45, 2.75) is 19.4 Å². The summed E-state index contributed by atoms with van der Waals surface area (Å²) in [5, 5.41) is 20.3. The fourth-order valence-corrected chi connectivity index (χ4v) is 3.06. The van der Waals surface area contributed by atoms with Crippen LogP contribution < -0.4 is 4.90 Å². The van der Waals surface area contributed by atoms with Crippen molar-refractivity contribution in [2.75, 3.05) is 38.2 Å². The highest BCUT2D eigenvalue weighted by atomic mass is 16.3. The molecule has 2 heterocycles. The van der Waals surface area contributed by atoms with Crippen molar-refractivity contribution in [3.63, 3.8) is 0 Å². The van der Waals surface area contributed by atoms with Crippen molar-refractivity contribution in [1.82, 2.24) is 15.1 Å². The Kier molecular flexibility index (Phi) is 4.03. The highest BCUT2D eigenvalue weighted by Crippen LogP contribution is 2.27. The number of aliphatic hydroxyl groups is 1. The first kappa shape index (κ1) is 14.2. The van der Waals surface area contributed by atoms with Crippen LogP contribution >= 0.6 is 0 Å². The highest BCUT2D eigenvalue weighted by molar-refractivity contribution is 5.93. The van der Waals surface area contributed by atoms with E-state index in [1.165, 1.54) is 5.39 Å². The van der Waals surface area contributed by atoms with Gasteiger partial charge in [0, 0.05) is 43.1 Å². The molecular formula is C16H22N4O. The van der Waals surface area contributed by atoms with Gasteiger partial charge in [-0.3, -0.25) is 4.90 Å². The second-order valence-electron chi connectivity index (χ2n) is 5.75. The molecule has 3 rings (SSSR count). The van der Waals surface area contributed by atoms with Crippen LogP contribution in [0.25, 0.3) is 10.8 Å². The highest BCUT2D eigenvalue weighted by Gasteiger charge is 2.26. The molecule has 5 nitrogen and oxygen atoms in total. The molecule has 2 aromatic rings. The molecule has 1 saturated heterocycles. The molecular weight excluding hydrogens is 264 g/mol. The number of fused-ring (bicyclic) bond motifs is 1. The predicted molar refractivity (Wildman–Crippen MR) is 84.6 cm³/mol. The van der Waals surface area contributed by atoms with Gasteiger partial charge >= 0.3 is 0 Å². The molecule has 0 aliphatic carbocycles. The molecule has 0 bridgehead atoms. The van der Waals surface area contributed by atoms with E-state index in [0.717, 1.165) is 43.0 Å². The lowest BCUT2D eigenvalue weighted by Gasteiger charge is -2.40. The van der Waals surface area contributed by atoms with Gasteiger partial charge in [-0.1, -0.05) is 24.3 Å². The molecule has 1 atom stereocenters. The summed E-state index contributed by atoms with van der Waals surface area (Å²) in [5.74, 6) is 0.965. The second-order valence-corrected chi connectivity index (χ2v) is 5.75. The first-order valence-corrected chi connectivity index (χ1v) is 7.48. The quantitative estimate of drug-likeness (QED) is 0.925. The van der Waals surface area contributed by atoms with Crippen molar-refractivity contribution in [2.24, 2.45) is 0 Å². The molecule has 0 radical (unpaired) electrons. The monoisotopic (exact) mass is 286 g/mol. The van der Waals surface area contributed by atoms with Crippen molar-refractivity contribution in [1.29, 1.82) is 0 Å². The Morgan fingerprint density at radius 1 is 1.19 bits per heavy atom. The van der Waals surface area contributed by atoms with Crippen molar-refractivity contribution >= 4 is 16.6 Å². The lowest BCUT2D eigenvalue weighted by atomic mass is 10.1. The summed E-state index contributed by atoms with van der Waals surface area (Å²) in [6.45, 7) is 5.04. The Labute approximate surface area is 125 Å². The maximum absolute atomic E-state index is 9.23. The van der Waals surface area contributed by atoms with Gasteiger partial charge in [0.25, 0.3) is 0 Å². The van der Waals surface area contributed by atoms with Gasteiger partial charge in [0.15, 0.2) is 5.82 Å². The number of aliphatic hydroxyl groups excluding tert-OH is 1. The summed E-state index contributed by atoms with van der Waals surface area (Å²) < 4.78 is 0. The SMILES string of the molecule is Cc1nnc(N2CCN(C)C(CCO)C2)c2ccccc12. The normalized spacial score (nSPS) is 20.1. The largest absolute Gasteiger partial charge is 0.396 e. The van der Waals surface area contributed by atoms with E-state index in [-0.39, 0.29) is 6.61 Å². The van der Waals surface area contributed by atoms with Gasteiger partial charge < -0.3 is 10.0 Å². The van der Waals surface area contributed by atoms with Crippen LogP contribution in [0.2, 0.25) is 0 Å². The minimum Gasteiger partial charge on any atom is -0.396 e. The maximum atomic E-state index is 9.23. The summed E-state index contributed by atoms with van der Waals surface area (Å²) >= 11 is 0. The predicted octanol–water partition coefficient (Wildman–Crippen LogP) is 1.44. The zero-order chi connectivity index (χ0) is 14.8. The fourth-order valence-electron chi connectivity index (χ4n) is 3.06. The van der Waals surface area contributed by atoms with Crippen LogP contribution in [-0.4, -0.2) is 59.5 Å². The molecule has 112 valence electrons. The summed E-state index contributed by atoms with van der Waals surface area (Å²) in [6, 6.07) is 8.68. The number of piperazine rings is 1. The zero-order valence-corrected chi connectivity index (χ0v) is 12.7. The van der Waals surface area contributed by atoms with Gasteiger partial charge in [-0.25, -0.2) is 0 Å². The second kappa shape index (κ2) is 5.95. The number of aryl methyl sites for hydroxylation is 1. The number of rotatable bonds is 3. The minimum atomic E-state index is 0.225. The molecule has 0 amide bonds. The molecule has 1 aliphatic heterocycles. The lowest BCUT2D eigenvalue weighted by molar-refractivity contribution is 0.170. The third kappa shape index (κ3) is 2.71. The number of nitrogens with zero attached hydrogens (tertiary/aromatic N) is 4. The minimum absolute atomic E-state index is 0.225. The number of likely N-dealkylation sites (N-methyl/N-ethyl adjacent to an activating group) is 1. The van der Waals surface area contributed by atoms with Gasteiger partial charge in [-0.05, 0) is 20.4 Å². The van der Waals surface area contributed by atoms with E-state index in [1.807, 2.05) is 19.1 Å². The average Bonchev–Trinajstić information content (AvgIpc) is 2.51. The number of hydrogen-bond donors (Lipinski definition) is 1. The Morgan fingerprint density at radius 3 is 2.71 bits per heavy atom. The Hall–Kier alpha value is -1.72. The number of anilines is 1. The van der Waals surface area contributed by atoms with E-state index in [9.17, 15) is 5.11 Å². The molecule has 1 aromatic heterocycles. The van der Waals surface area contributed by atoms with Gasteiger partial charge in [0.1, 0.15) is 0 Å².